The van der Waals surface area contributed by atoms with Crippen LogP contribution >= 0.6 is 0 Å². The number of hydrogen-bond donors (Lipinski definition) is 2. The first-order valence-corrected chi connectivity index (χ1v) is 5.86. The van der Waals surface area contributed by atoms with Crippen molar-refractivity contribution in [1.82, 2.24) is 10.6 Å². The number of piperidine rings is 1. The molecule has 2 atom stereocenters. The third kappa shape index (κ3) is 2.61. The maximum Gasteiger partial charge on any atom is 0.251 e. The van der Waals surface area contributed by atoms with Gasteiger partial charge in [0, 0.05) is 17.6 Å². The molecule has 3 heteroatoms. The minimum atomic E-state index is 0.0288. The Labute approximate surface area is 96.2 Å². The predicted molar refractivity (Wildman–Crippen MR) is 64.4 cm³/mol. The summed E-state index contributed by atoms with van der Waals surface area (Å²) in [5, 5.41) is 6.46. The number of rotatable bonds is 2. The summed E-state index contributed by atoms with van der Waals surface area (Å²) in [6, 6.07) is 9.99. The lowest BCUT2D eigenvalue weighted by atomic mass is 9.99. The summed E-state index contributed by atoms with van der Waals surface area (Å²) in [6.07, 6.45) is 2.19. The average Bonchev–Trinajstić information content (AvgIpc) is 2.33. The molecular formula is C13H18N2O. The van der Waals surface area contributed by atoms with Gasteiger partial charge in [0.1, 0.15) is 0 Å². The summed E-state index contributed by atoms with van der Waals surface area (Å²) >= 11 is 0. The number of carbonyl (C=O) groups is 1. The average molecular weight is 218 g/mol. The Morgan fingerprint density at radius 3 is 2.81 bits per heavy atom. The van der Waals surface area contributed by atoms with Crippen LogP contribution in [0.1, 0.15) is 30.1 Å². The first kappa shape index (κ1) is 11.1. The highest BCUT2D eigenvalue weighted by atomic mass is 16.1. The highest BCUT2D eigenvalue weighted by Gasteiger charge is 2.22. The molecule has 1 aromatic carbocycles. The third-order valence-corrected chi connectivity index (χ3v) is 3.11. The minimum Gasteiger partial charge on any atom is -0.348 e. The van der Waals surface area contributed by atoms with Crippen LogP contribution in [-0.2, 0) is 0 Å². The van der Waals surface area contributed by atoms with Gasteiger partial charge < -0.3 is 10.6 Å². The summed E-state index contributed by atoms with van der Waals surface area (Å²) in [5.41, 5.74) is 0.736. The number of carbonyl (C=O) groups excluding carboxylic acids is 1. The van der Waals surface area contributed by atoms with Crippen molar-refractivity contribution in [3.05, 3.63) is 35.9 Å². The van der Waals surface area contributed by atoms with Crippen molar-refractivity contribution in [1.29, 1.82) is 0 Å². The molecule has 1 aliphatic rings. The van der Waals surface area contributed by atoms with Crippen molar-refractivity contribution in [3.63, 3.8) is 0 Å². The second kappa shape index (κ2) is 5.12. The lowest BCUT2D eigenvalue weighted by Crippen LogP contribution is -2.51. The van der Waals surface area contributed by atoms with Crippen LogP contribution in [0.25, 0.3) is 0 Å². The van der Waals surface area contributed by atoms with Gasteiger partial charge in [0.25, 0.3) is 5.91 Å². The van der Waals surface area contributed by atoms with E-state index < -0.39 is 0 Å². The van der Waals surface area contributed by atoms with Crippen LogP contribution in [0.3, 0.4) is 0 Å². The molecule has 1 heterocycles. The minimum absolute atomic E-state index is 0.0288. The fourth-order valence-electron chi connectivity index (χ4n) is 2.08. The van der Waals surface area contributed by atoms with Crippen LogP contribution < -0.4 is 10.6 Å². The zero-order chi connectivity index (χ0) is 11.4. The standard InChI is InChI=1S/C13H18N2O/c1-10-12(8-5-9-14-10)15-13(16)11-6-3-2-4-7-11/h2-4,6-7,10,12,14H,5,8-9H2,1H3,(H,15,16)/t10-,12-/m1/s1. The molecule has 1 aliphatic heterocycles. The molecule has 1 aromatic rings. The van der Waals surface area contributed by atoms with Crippen molar-refractivity contribution >= 4 is 5.91 Å². The summed E-state index contributed by atoms with van der Waals surface area (Å²) in [4.78, 5) is 11.9. The summed E-state index contributed by atoms with van der Waals surface area (Å²) < 4.78 is 0. The number of amides is 1. The van der Waals surface area contributed by atoms with E-state index in [1.807, 2.05) is 30.3 Å². The molecular weight excluding hydrogens is 200 g/mol. The van der Waals surface area contributed by atoms with Gasteiger partial charge in [-0.1, -0.05) is 18.2 Å². The SMILES string of the molecule is C[C@H]1NCCC[C@H]1NC(=O)c1ccccc1. The maximum atomic E-state index is 11.9. The molecule has 0 saturated carbocycles. The summed E-state index contributed by atoms with van der Waals surface area (Å²) in [5.74, 6) is 0.0288. The van der Waals surface area contributed by atoms with Crippen LogP contribution in [0.2, 0.25) is 0 Å². The highest BCUT2D eigenvalue weighted by Crippen LogP contribution is 2.09. The molecule has 86 valence electrons. The van der Waals surface area contributed by atoms with Crippen LogP contribution in [-0.4, -0.2) is 24.5 Å². The Kier molecular flexibility index (Phi) is 3.57. The first-order valence-electron chi connectivity index (χ1n) is 5.86. The summed E-state index contributed by atoms with van der Waals surface area (Å²) in [6.45, 7) is 3.17. The van der Waals surface area contributed by atoms with E-state index in [0.29, 0.717) is 6.04 Å². The van der Waals surface area contributed by atoms with E-state index in [1.54, 1.807) is 0 Å². The molecule has 2 rings (SSSR count). The van der Waals surface area contributed by atoms with Crippen LogP contribution in [0, 0.1) is 0 Å². The molecule has 1 amide bonds. The molecule has 0 bridgehead atoms. The number of benzene rings is 1. The Balaban J connectivity index is 1.96. The van der Waals surface area contributed by atoms with Gasteiger partial charge in [-0.3, -0.25) is 4.79 Å². The van der Waals surface area contributed by atoms with E-state index >= 15 is 0 Å². The molecule has 0 radical (unpaired) electrons. The first-order chi connectivity index (χ1) is 7.77. The third-order valence-electron chi connectivity index (χ3n) is 3.11. The smallest absolute Gasteiger partial charge is 0.251 e. The van der Waals surface area contributed by atoms with E-state index in [2.05, 4.69) is 17.6 Å². The Morgan fingerprint density at radius 2 is 2.12 bits per heavy atom. The van der Waals surface area contributed by atoms with Gasteiger partial charge in [-0.2, -0.15) is 0 Å². The van der Waals surface area contributed by atoms with Gasteiger partial charge in [0.05, 0.1) is 0 Å². The summed E-state index contributed by atoms with van der Waals surface area (Å²) in [7, 11) is 0. The lowest BCUT2D eigenvalue weighted by molar-refractivity contribution is 0.0920. The largest absolute Gasteiger partial charge is 0.348 e. The zero-order valence-corrected chi connectivity index (χ0v) is 9.57. The zero-order valence-electron chi connectivity index (χ0n) is 9.57. The highest BCUT2D eigenvalue weighted by molar-refractivity contribution is 5.94. The van der Waals surface area contributed by atoms with Crippen molar-refractivity contribution in [2.45, 2.75) is 31.8 Å². The molecule has 0 aromatic heterocycles. The van der Waals surface area contributed by atoms with Crippen molar-refractivity contribution in [2.75, 3.05) is 6.54 Å². The molecule has 0 unspecified atom stereocenters. The fraction of sp³-hybridized carbons (Fsp3) is 0.462. The molecule has 1 fully saturated rings. The maximum absolute atomic E-state index is 11.9. The van der Waals surface area contributed by atoms with Crippen molar-refractivity contribution in [3.8, 4) is 0 Å². The van der Waals surface area contributed by atoms with Crippen LogP contribution in [0.4, 0.5) is 0 Å². The van der Waals surface area contributed by atoms with E-state index in [1.165, 1.54) is 0 Å². The molecule has 0 spiro atoms. The molecule has 1 saturated heterocycles. The van der Waals surface area contributed by atoms with Crippen LogP contribution in [0.5, 0.6) is 0 Å². The molecule has 0 aliphatic carbocycles. The Hall–Kier alpha value is -1.35. The van der Waals surface area contributed by atoms with Crippen molar-refractivity contribution in [2.24, 2.45) is 0 Å². The second-order valence-corrected chi connectivity index (χ2v) is 4.33. The molecule has 2 N–H and O–H groups in total. The normalized spacial score (nSPS) is 25.1. The Morgan fingerprint density at radius 1 is 1.38 bits per heavy atom. The van der Waals surface area contributed by atoms with Gasteiger partial charge in [-0.15, -0.1) is 0 Å². The lowest BCUT2D eigenvalue weighted by Gasteiger charge is -2.30. The predicted octanol–water partition coefficient (Wildman–Crippen LogP) is 1.56. The fourth-order valence-corrected chi connectivity index (χ4v) is 2.08. The van der Waals surface area contributed by atoms with Gasteiger partial charge in [0.15, 0.2) is 0 Å². The second-order valence-electron chi connectivity index (χ2n) is 4.33. The molecule has 16 heavy (non-hydrogen) atoms. The Bertz CT molecular complexity index is 350. The van der Waals surface area contributed by atoms with E-state index in [4.69, 9.17) is 0 Å². The van der Waals surface area contributed by atoms with Crippen LogP contribution in [0.15, 0.2) is 30.3 Å². The monoisotopic (exact) mass is 218 g/mol. The van der Waals surface area contributed by atoms with E-state index in [-0.39, 0.29) is 11.9 Å². The number of hydrogen-bond acceptors (Lipinski definition) is 2. The topological polar surface area (TPSA) is 41.1 Å². The van der Waals surface area contributed by atoms with E-state index in [0.717, 1.165) is 24.9 Å². The quantitative estimate of drug-likeness (QED) is 0.791. The van der Waals surface area contributed by atoms with E-state index in [9.17, 15) is 4.79 Å². The van der Waals surface area contributed by atoms with Gasteiger partial charge in [0.2, 0.25) is 0 Å². The van der Waals surface area contributed by atoms with Gasteiger partial charge in [-0.05, 0) is 38.4 Å². The van der Waals surface area contributed by atoms with Gasteiger partial charge >= 0.3 is 0 Å². The number of nitrogens with one attached hydrogen (secondary N) is 2. The van der Waals surface area contributed by atoms with Gasteiger partial charge in [-0.25, -0.2) is 0 Å². The van der Waals surface area contributed by atoms with Crippen molar-refractivity contribution < 1.29 is 4.79 Å². The molecule has 3 nitrogen and oxygen atoms in total.